The molecule has 0 radical (unpaired) electrons. The van der Waals surface area contributed by atoms with Gasteiger partial charge in [0.1, 0.15) is 0 Å². The van der Waals surface area contributed by atoms with Gasteiger partial charge in [-0.05, 0) is 54.0 Å². The number of aryl methyl sites for hydroxylation is 1. The first-order valence-electron chi connectivity index (χ1n) is 7.93. The minimum atomic E-state index is -3.52. The molecule has 126 valence electrons. The molecule has 2 aromatic carbocycles. The van der Waals surface area contributed by atoms with Gasteiger partial charge in [0.25, 0.3) is 0 Å². The fraction of sp³-hybridized carbons (Fsp3) is 0.263. The van der Waals surface area contributed by atoms with Gasteiger partial charge in [-0.2, -0.15) is 4.31 Å². The van der Waals surface area contributed by atoms with Crippen molar-refractivity contribution in [2.24, 2.45) is 0 Å². The molecule has 0 amide bonds. The largest absolute Gasteiger partial charge is 0.243 e. The summed E-state index contributed by atoms with van der Waals surface area (Å²) in [6, 6.07) is 15.1. The van der Waals surface area contributed by atoms with Crippen LogP contribution in [-0.4, -0.2) is 25.8 Å². The Bertz CT molecular complexity index is 880. The lowest BCUT2D eigenvalue weighted by Gasteiger charge is -2.21. The van der Waals surface area contributed by atoms with Crippen LogP contribution in [0.2, 0.25) is 0 Å². The van der Waals surface area contributed by atoms with E-state index in [0.717, 1.165) is 21.6 Å². The molecular formula is C19H21NO2S2. The highest BCUT2D eigenvalue weighted by atomic mass is 32.2. The molecule has 0 unspecified atom stereocenters. The van der Waals surface area contributed by atoms with Crippen LogP contribution < -0.4 is 0 Å². The predicted octanol–water partition coefficient (Wildman–Crippen LogP) is 3.90. The monoisotopic (exact) mass is 359 g/mol. The Morgan fingerprint density at radius 1 is 1.08 bits per heavy atom. The van der Waals surface area contributed by atoms with Crippen LogP contribution in [0.5, 0.6) is 0 Å². The van der Waals surface area contributed by atoms with Gasteiger partial charge >= 0.3 is 0 Å². The summed E-state index contributed by atoms with van der Waals surface area (Å²) in [7, 11) is -3.52. The zero-order chi connectivity index (χ0) is 17.3. The smallest absolute Gasteiger partial charge is 0.207 e. The highest BCUT2D eigenvalue weighted by molar-refractivity contribution is 7.89. The van der Waals surface area contributed by atoms with Crippen molar-refractivity contribution in [1.29, 1.82) is 0 Å². The summed E-state index contributed by atoms with van der Waals surface area (Å²) in [6.45, 7) is 4.68. The third-order valence-electron chi connectivity index (χ3n) is 4.40. The van der Waals surface area contributed by atoms with Crippen LogP contribution in [0.15, 0.2) is 58.3 Å². The summed E-state index contributed by atoms with van der Waals surface area (Å²) in [5.41, 5.74) is 4.29. The number of sulfonamides is 1. The van der Waals surface area contributed by atoms with Gasteiger partial charge in [0.2, 0.25) is 10.0 Å². The Hall–Kier alpha value is -1.56. The lowest BCUT2D eigenvalue weighted by atomic mass is 9.99. The Labute approximate surface area is 149 Å². The van der Waals surface area contributed by atoms with Crippen LogP contribution in [0.25, 0.3) is 5.57 Å². The van der Waals surface area contributed by atoms with E-state index in [-0.39, 0.29) is 0 Å². The molecule has 0 atom stereocenters. The van der Waals surface area contributed by atoms with Crippen molar-refractivity contribution in [2.75, 3.05) is 13.1 Å². The van der Waals surface area contributed by atoms with E-state index in [1.165, 1.54) is 5.56 Å². The average Bonchev–Trinajstić information content (AvgIpc) is 2.75. The van der Waals surface area contributed by atoms with Crippen molar-refractivity contribution in [3.63, 3.8) is 0 Å². The second kappa shape index (κ2) is 6.75. The summed E-state index contributed by atoms with van der Waals surface area (Å²) >= 11 is 4.51. The fourth-order valence-electron chi connectivity index (χ4n) is 2.99. The van der Waals surface area contributed by atoms with Crippen molar-refractivity contribution in [3.8, 4) is 0 Å². The molecule has 24 heavy (non-hydrogen) atoms. The number of thiol groups is 1. The average molecular weight is 360 g/mol. The summed E-state index contributed by atoms with van der Waals surface area (Å²) in [5.74, 6) is 0. The van der Waals surface area contributed by atoms with Gasteiger partial charge in [-0.25, -0.2) is 8.42 Å². The van der Waals surface area contributed by atoms with Crippen molar-refractivity contribution >= 4 is 28.2 Å². The highest BCUT2D eigenvalue weighted by Gasteiger charge is 2.28. The molecule has 3 rings (SSSR count). The number of rotatable bonds is 2. The molecule has 1 aliphatic rings. The molecule has 0 bridgehead atoms. The number of nitrogens with zero attached hydrogens (tertiary/aromatic N) is 1. The summed E-state index contributed by atoms with van der Waals surface area (Å²) in [6.07, 6.45) is 0.700. The quantitative estimate of drug-likeness (QED) is 0.826. The highest BCUT2D eigenvalue weighted by Crippen LogP contribution is 2.31. The van der Waals surface area contributed by atoms with Crippen LogP contribution in [0.1, 0.15) is 23.6 Å². The van der Waals surface area contributed by atoms with E-state index in [4.69, 9.17) is 0 Å². The maximum Gasteiger partial charge on any atom is 0.243 e. The molecule has 0 aliphatic carbocycles. The molecule has 0 saturated carbocycles. The number of fused-ring (bicyclic) bond motifs is 1. The van der Waals surface area contributed by atoms with Crippen molar-refractivity contribution in [3.05, 3.63) is 70.1 Å². The standard InChI is InChI=1S/C19H21NO2S2/c1-14-7-9-17(10-8-14)24(21,22)20-12-11-16-5-3-4-6-18(16)19(13-20)15(2)23/h3-10,23H,11-13H2,1-2H3/b19-15-. The van der Waals surface area contributed by atoms with Crippen molar-refractivity contribution in [1.82, 2.24) is 4.31 Å². The van der Waals surface area contributed by atoms with Crippen LogP contribution >= 0.6 is 12.6 Å². The molecule has 5 heteroatoms. The molecule has 0 N–H and O–H groups in total. The van der Waals surface area contributed by atoms with E-state index in [9.17, 15) is 8.42 Å². The molecule has 3 nitrogen and oxygen atoms in total. The van der Waals surface area contributed by atoms with Gasteiger partial charge in [0.05, 0.1) is 4.90 Å². The molecule has 1 heterocycles. The number of hydrogen-bond acceptors (Lipinski definition) is 3. The summed E-state index contributed by atoms with van der Waals surface area (Å²) in [5, 5.41) is 0. The maximum atomic E-state index is 13.0. The Morgan fingerprint density at radius 2 is 1.75 bits per heavy atom. The Kier molecular flexibility index (Phi) is 4.85. The van der Waals surface area contributed by atoms with E-state index in [1.807, 2.05) is 44.2 Å². The third-order valence-corrected chi connectivity index (χ3v) is 6.53. The number of allylic oxidation sites excluding steroid dienone is 1. The van der Waals surface area contributed by atoms with Crippen LogP contribution in [0, 0.1) is 6.92 Å². The molecule has 0 saturated heterocycles. The number of benzene rings is 2. The van der Waals surface area contributed by atoms with E-state index in [1.54, 1.807) is 16.4 Å². The van der Waals surface area contributed by atoms with Gasteiger partial charge in [-0.15, -0.1) is 12.6 Å². The lowest BCUT2D eigenvalue weighted by molar-refractivity contribution is 0.453. The molecule has 2 aromatic rings. The second-order valence-corrected chi connectivity index (χ2v) is 8.73. The third kappa shape index (κ3) is 3.29. The minimum absolute atomic E-state index is 0.343. The first-order chi connectivity index (χ1) is 11.4. The van der Waals surface area contributed by atoms with Gasteiger partial charge in [0, 0.05) is 13.1 Å². The van der Waals surface area contributed by atoms with Gasteiger partial charge in [-0.3, -0.25) is 0 Å². The van der Waals surface area contributed by atoms with Crippen LogP contribution in [0.4, 0.5) is 0 Å². The topological polar surface area (TPSA) is 37.4 Å². The van der Waals surface area contributed by atoms with E-state index in [2.05, 4.69) is 18.7 Å². The molecule has 1 aliphatic heterocycles. The predicted molar refractivity (Wildman–Crippen MR) is 102 cm³/mol. The van der Waals surface area contributed by atoms with E-state index in [0.29, 0.717) is 24.4 Å². The number of hydrogen-bond donors (Lipinski definition) is 1. The van der Waals surface area contributed by atoms with Gasteiger partial charge < -0.3 is 0 Å². The zero-order valence-electron chi connectivity index (χ0n) is 13.9. The van der Waals surface area contributed by atoms with E-state index < -0.39 is 10.0 Å². The minimum Gasteiger partial charge on any atom is -0.207 e. The molecule has 0 aromatic heterocycles. The SMILES string of the molecule is C/C(S)=C1\CN(S(=O)(=O)c2ccc(C)cc2)CCc2ccccc21. The molecule has 0 spiro atoms. The second-order valence-electron chi connectivity index (χ2n) is 6.12. The zero-order valence-corrected chi connectivity index (χ0v) is 15.6. The maximum absolute atomic E-state index is 13.0. The van der Waals surface area contributed by atoms with E-state index >= 15 is 0 Å². The van der Waals surface area contributed by atoms with Crippen LogP contribution in [-0.2, 0) is 16.4 Å². The first-order valence-corrected chi connectivity index (χ1v) is 9.82. The van der Waals surface area contributed by atoms with Crippen molar-refractivity contribution in [2.45, 2.75) is 25.2 Å². The van der Waals surface area contributed by atoms with Gasteiger partial charge in [0.15, 0.2) is 0 Å². The summed E-state index contributed by atoms with van der Waals surface area (Å²) < 4.78 is 27.7. The van der Waals surface area contributed by atoms with Crippen molar-refractivity contribution < 1.29 is 8.42 Å². The lowest BCUT2D eigenvalue weighted by Crippen LogP contribution is -2.33. The first kappa shape index (κ1) is 17.3. The van der Waals surface area contributed by atoms with Crippen LogP contribution in [0.3, 0.4) is 0 Å². The fourth-order valence-corrected chi connectivity index (χ4v) is 4.59. The Balaban J connectivity index is 2.02. The molecule has 0 fully saturated rings. The molecular weight excluding hydrogens is 338 g/mol. The normalized spacial score (nSPS) is 18.0. The van der Waals surface area contributed by atoms with Gasteiger partial charge in [-0.1, -0.05) is 42.0 Å². The Morgan fingerprint density at radius 3 is 2.42 bits per heavy atom. The summed E-state index contributed by atoms with van der Waals surface area (Å²) in [4.78, 5) is 1.20.